The maximum Gasteiger partial charge on any atom is 0.00342 e. The summed E-state index contributed by atoms with van der Waals surface area (Å²) in [6.45, 7) is 2.25. The van der Waals surface area contributed by atoms with Crippen molar-refractivity contribution in [1.82, 2.24) is 0 Å². The Morgan fingerprint density at radius 3 is 2.00 bits per heavy atom. The summed E-state index contributed by atoms with van der Waals surface area (Å²) < 4.78 is 0. The van der Waals surface area contributed by atoms with Gasteiger partial charge in [-0.25, -0.2) is 0 Å². The van der Waals surface area contributed by atoms with Gasteiger partial charge in [0, 0.05) is 5.33 Å². The van der Waals surface area contributed by atoms with Crippen molar-refractivity contribution < 1.29 is 0 Å². The molecule has 1 heteroatoms. The zero-order valence-corrected chi connectivity index (χ0v) is 12.8. The highest BCUT2D eigenvalue weighted by molar-refractivity contribution is 9.09. The van der Waals surface area contributed by atoms with Gasteiger partial charge in [0.25, 0.3) is 0 Å². The number of hydrogen-bond acceptors (Lipinski definition) is 0. The molecule has 0 spiro atoms. The average Bonchev–Trinajstić information content (AvgIpc) is 2.35. The predicted octanol–water partition coefficient (Wildman–Crippen LogP) is 6.19. The third-order valence-electron chi connectivity index (χ3n) is 2.53. The van der Waals surface area contributed by atoms with Crippen LogP contribution >= 0.6 is 15.9 Å². The molecule has 0 heterocycles. The molecule has 0 aliphatic rings. The molecule has 0 rings (SSSR count). The van der Waals surface area contributed by atoms with Crippen molar-refractivity contribution in [2.75, 3.05) is 5.33 Å². The molecule has 0 aromatic carbocycles. The minimum absolute atomic E-state index is 1.10. The maximum atomic E-state index is 3.42. The number of hydrogen-bond donors (Lipinski definition) is 0. The third-order valence-corrected chi connectivity index (χ3v) is 3.09. The lowest BCUT2D eigenvalue weighted by molar-refractivity contribution is 0.728. The van der Waals surface area contributed by atoms with Gasteiger partial charge in [-0.15, -0.1) is 0 Å². The number of halogens is 1. The minimum Gasteiger partial charge on any atom is -0.0928 e. The second kappa shape index (κ2) is 15.7. The van der Waals surface area contributed by atoms with Crippen LogP contribution in [0.15, 0.2) is 36.5 Å². The van der Waals surface area contributed by atoms with Crippen LogP contribution in [0.4, 0.5) is 0 Å². The van der Waals surface area contributed by atoms with Gasteiger partial charge in [0.15, 0.2) is 0 Å². The molecule has 0 atom stereocenters. The Bertz CT molecular complexity index is 214. The van der Waals surface area contributed by atoms with Crippen molar-refractivity contribution in [3.05, 3.63) is 36.5 Å². The van der Waals surface area contributed by atoms with E-state index in [0.717, 1.165) is 11.8 Å². The van der Waals surface area contributed by atoms with Crippen molar-refractivity contribution in [2.24, 2.45) is 0 Å². The van der Waals surface area contributed by atoms with E-state index in [2.05, 4.69) is 59.3 Å². The van der Waals surface area contributed by atoms with E-state index in [1.54, 1.807) is 0 Å². The summed E-state index contributed by atoms with van der Waals surface area (Å²) in [5.74, 6) is 0. The van der Waals surface area contributed by atoms with Gasteiger partial charge in [0.1, 0.15) is 0 Å². The van der Waals surface area contributed by atoms with Crippen LogP contribution in [-0.4, -0.2) is 5.33 Å². The molecule has 0 saturated carbocycles. The Morgan fingerprint density at radius 1 is 0.706 bits per heavy atom. The fourth-order valence-electron chi connectivity index (χ4n) is 1.48. The van der Waals surface area contributed by atoms with Crippen molar-refractivity contribution in [2.45, 2.75) is 58.3 Å². The average molecular weight is 299 g/mol. The quantitative estimate of drug-likeness (QED) is 0.185. The minimum atomic E-state index is 1.10. The third kappa shape index (κ3) is 15.7. The smallest absolute Gasteiger partial charge is 0.00342 e. The Morgan fingerprint density at radius 2 is 1.29 bits per heavy atom. The van der Waals surface area contributed by atoms with E-state index < -0.39 is 0 Å². The molecule has 0 bridgehead atoms. The normalized spacial score (nSPS) is 12.4. The molecule has 0 amide bonds. The van der Waals surface area contributed by atoms with Crippen LogP contribution in [0.1, 0.15) is 58.3 Å². The number of allylic oxidation sites excluding steroid dienone is 6. The summed E-state index contributed by atoms with van der Waals surface area (Å²) in [6, 6.07) is 0. The van der Waals surface area contributed by atoms with Gasteiger partial charge in [0.2, 0.25) is 0 Å². The first-order chi connectivity index (χ1) is 8.41. The Labute approximate surface area is 116 Å². The van der Waals surface area contributed by atoms with E-state index in [4.69, 9.17) is 0 Å². The zero-order valence-electron chi connectivity index (χ0n) is 11.2. The molecule has 0 unspecified atom stereocenters. The largest absolute Gasteiger partial charge is 0.0928 e. The van der Waals surface area contributed by atoms with Crippen molar-refractivity contribution in [3.63, 3.8) is 0 Å². The van der Waals surface area contributed by atoms with E-state index in [1.807, 2.05) is 0 Å². The molecule has 0 aromatic rings. The summed E-state index contributed by atoms with van der Waals surface area (Å²) in [6.07, 6.45) is 23.5. The molecule has 0 aliphatic carbocycles. The second-order valence-corrected chi connectivity index (χ2v) is 5.03. The molecule has 98 valence electrons. The highest BCUT2D eigenvalue weighted by Crippen LogP contribution is 2.01. The van der Waals surface area contributed by atoms with Crippen LogP contribution in [0.5, 0.6) is 0 Å². The maximum absolute atomic E-state index is 3.42. The summed E-state index contributed by atoms with van der Waals surface area (Å²) in [7, 11) is 0. The fraction of sp³-hybridized carbons (Fsp3) is 0.625. The summed E-state index contributed by atoms with van der Waals surface area (Å²) in [5.41, 5.74) is 0. The van der Waals surface area contributed by atoms with Gasteiger partial charge in [-0.2, -0.15) is 0 Å². The number of alkyl halides is 1. The van der Waals surface area contributed by atoms with Gasteiger partial charge in [-0.3, -0.25) is 0 Å². The van der Waals surface area contributed by atoms with E-state index in [9.17, 15) is 0 Å². The van der Waals surface area contributed by atoms with E-state index >= 15 is 0 Å². The van der Waals surface area contributed by atoms with E-state index in [0.29, 0.717) is 0 Å². The van der Waals surface area contributed by atoms with Gasteiger partial charge >= 0.3 is 0 Å². The summed E-state index contributed by atoms with van der Waals surface area (Å²) in [5, 5.41) is 1.10. The fourth-order valence-corrected chi connectivity index (χ4v) is 1.81. The van der Waals surface area contributed by atoms with Crippen LogP contribution in [0.2, 0.25) is 0 Å². The lowest BCUT2D eigenvalue weighted by Crippen LogP contribution is -1.71. The lowest BCUT2D eigenvalue weighted by atomic mass is 10.2. The highest BCUT2D eigenvalue weighted by Gasteiger charge is 1.81. The van der Waals surface area contributed by atoms with Crippen LogP contribution in [-0.2, 0) is 0 Å². The van der Waals surface area contributed by atoms with Crippen LogP contribution in [0.25, 0.3) is 0 Å². The van der Waals surface area contributed by atoms with Crippen LogP contribution < -0.4 is 0 Å². The molecule has 17 heavy (non-hydrogen) atoms. The SMILES string of the molecule is CCCCC/C=C\CC/C=C\C=C\CCCBr. The predicted molar refractivity (Wildman–Crippen MR) is 83.8 cm³/mol. The van der Waals surface area contributed by atoms with E-state index in [-0.39, 0.29) is 0 Å². The highest BCUT2D eigenvalue weighted by atomic mass is 79.9. The molecule has 0 N–H and O–H groups in total. The monoisotopic (exact) mass is 298 g/mol. The molecule has 0 aliphatic heterocycles. The Balaban J connectivity index is 3.26. The summed E-state index contributed by atoms with van der Waals surface area (Å²) in [4.78, 5) is 0. The Hall–Kier alpha value is -0.300. The second-order valence-electron chi connectivity index (χ2n) is 4.23. The standard InChI is InChI=1S/C16H27Br/c1-2-3-4-5-6-7-8-9-10-11-12-13-14-15-16-17/h6-7,10-13H,2-5,8-9,14-16H2,1H3/b7-6-,11-10-,13-12+. The van der Waals surface area contributed by atoms with Gasteiger partial charge in [0.05, 0.1) is 0 Å². The van der Waals surface area contributed by atoms with Crippen molar-refractivity contribution in [3.8, 4) is 0 Å². The Kier molecular flexibility index (Phi) is 15.4. The van der Waals surface area contributed by atoms with Gasteiger partial charge < -0.3 is 0 Å². The van der Waals surface area contributed by atoms with Crippen LogP contribution in [0, 0.1) is 0 Å². The molecule has 0 radical (unpaired) electrons. The first kappa shape index (κ1) is 16.7. The molecular weight excluding hydrogens is 272 g/mol. The summed E-state index contributed by atoms with van der Waals surface area (Å²) >= 11 is 3.42. The van der Waals surface area contributed by atoms with E-state index in [1.165, 1.54) is 44.9 Å². The molecule has 0 fully saturated rings. The zero-order chi connectivity index (χ0) is 12.6. The molecule has 0 nitrogen and oxygen atoms in total. The molecule has 0 aromatic heterocycles. The van der Waals surface area contributed by atoms with Crippen molar-refractivity contribution in [1.29, 1.82) is 0 Å². The van der Waals surface area contributed by atoms with Gasteiger partial charge in [-0.05, 0) is 38.5 Å². The first-order valence-electron chi connectivity index (χ1n) is 6.94. The first-order valence-corrected chi connectivity index (χ1v) is 8.06. The number of unbranched alkanes of at least 4 members (excludes halogenated alkanes) is 5. The van der Waals surface area contributed by atoms with Crippen molar-refractivity contribution >= 4 is 15.9 Å². The van der Waals surface area contributed by atoms with Gasteiger partial charge in [-0.1, -0.05) is 72.2 Å². The topological polar surface area (TPSA) is 0 Å². The van der Waals surface area contributed by atoms with Crippen LogP contribution in [0.3, 0.4) is 0 Å². The molecule has 0 saturated heterocycles. The molecular formula is C16H27Br. The lowest BCUT2D eigenvalue weighted by Gasteiger charge is -1.91. The number of rotatable bonds is 11.